The van der Waals surface area contributed by atoms with Crippen molar-refractivity contribution < 1.29 is 22.7 Å². The van der Waals surface area contributed by atoms with Crippen molar-refractivity contribution in [3.05, 3.63) is 81.8 Å². The summed E-state index contributed by atoms with van der Waals surface area (Å²) < 4.78 is 45.5. The maximum atomic E-state index is 13.3. The summed E-state index contributed by atoms with van der Waals surface area (Å²) in [4.78, 5) is 29.2. The van der Waals surface area contributed by atoms with Crippen LogP contribution in [0.25, 0.3) is 5.69 Å². The number of methoxy groups -OCH3 is 1. The van der Waals surface area contributed by atoms with Crippen LogP contribution >= 0.6 is 0 Å². The molecule has 1 fully saturated rings. The zero-order valence-electron chi connectivity index (χ0n) is 18.7. The van der Waals surface area contributed by atoms with Crippen LogP contribution in [0.2, 0.25) is 0 Å². The van der Waals surface area contributed by atoms with Gasteiger partial charge in [-0.3, -0.25) is 9.59 Å². The van der Waals surface area contributed by atoms with Crippen LogP contribution in [0.15, 0.2) is 59.4 Å². The van der Waals surface area contributed by atoms with Gasteiger partial charge in [0.15, 0.2) is 11.4 Å². The average Bonchev–Trinajstić information content (AvgIpc) is 2.84. The van der Waals surface area contributed by atoms with E-state index in [4.69, 9.17) is 4.74 Å². The lowest BCUT2D eigenvalue weighted by molar-refractivity contribution is -0.137. The Morgan fingerprint density at radius 1 is 0.971 bits per heavy atom. The molecule has 0 atom stereocenters. The lowest BCUT2D eigenvalue weighted by atomic mass is 10.1. The normalized spacial score (nSPS) is 14.3. The molecule has 1 aromatic heterocycles. The van der Waals surface area contributed by atoms with Crippen molar-refractivity contribution >= 4 is 11.6 Å². The first-order valence-electron chi connectivity index (χ1n) is 10.6. The largest absolute Gasteiger partial charge is 0.494 e. The number of ether oxygens (including phenoxy) is 1. The van der Waals surface area contributed by atoms with Crippen molar-refractivity contribution in [2.75, 3.05) is 38.2 Å². The Balaban J connectivity index is 1.54. The van der Waals surface area contributed by atoms with E-state index in [9.17, 15) is 22.8 Å². The van der Waals surface area contributed by atoms with Gasteiger partial charge in [0.2, 0.25) is 0 Å². The van der Waals surface area contributed by atoms with Gasteiger partial charge in [0.05, 0.1) is 24.4 Å². The van der Waals surface area contributed by atoms with Gasteiger partial charge in [-0.2, -0.15) is 23.0 Å². The van der Waals surface area contributed by atoms with Gasteiger partial charge in [0, 0.05) is 31.9 Å². The molecule has 0 bridgehead atoms. The van der Waals surface area contributed by atoms with Crippen molar-refractivity contribution in [1.29, 1.82) is 0 Å². The number of alkyl halides is 3. The van der Waals surface area contributed by atoms with Crippen LogP contribution in [0, 0.1) is 6.92 Å². The summed E-state index contributed by atoms with van der Waals surface area (Å²) in [6.45, 7) is 3.19. The Labute approximate surface area is 194 Å². The molecule has 0 saturated carbocycles. The average molecular weight is 472 g/mol. The first-order chi connectivity index (χ1) is 16.2. The molecule has 0 N–H and O–H groups in total. The van der Waals surface area contributed by atoms with E-state index in [2.05, 4.69) is 5.10 Å². The molecule has 34 heavy (non-hydrogen) atoms. The second-order valence-electron chi connectivity index (χ2n) is 7.97. The monoisotopic (exact) mass is 472 g/mol. The van der Waals surface area contributed by atoms with E-state index in [1.807, 2.05) is 19.1 Å². The topological polar surface area (TPSA) is 67.7 Å². The molecule has 0 unspecified atom stereocenters. The smallest absolute Gasteiger partial charge is 0.416 e. The first-order valence-corrected chi connectivity index (χ1v) is 10.6. The number of benzene rings is 2. The lowest BCUT2D eigenvalue weighted by Gasteiger charge is -2.36. The SMILES string of the molecule is COc1cc(=O)n(-c2ccc(C)cc2)nc1C(=O)N1CCN(c2cccc(C(F)(F)F)c2)CC1. The number of aromatic nitrogens is 2. The maximum absolute atomic E-state index is 13.3. The molecule has 1 aliphatic rings. The van der Waals surface area contributed by atoms with Gasteiger partial charge in [-0.15, -0.1) is 0 Å². The van der Waals surface area contributed by atoms with Gasteiger partial charge in [-0.25, -0.2) is 0 Å². The molecule has 3 aromatic rings. The van der Waals surface area contributed by atoms with Crippen LogP contribution < -0.4 is 15.2 Å². The molecular formula is C24H23F3N4O3. The van der Waals surface area contributed by atoms with E-state index >= 15 is 0 Å². The summed E-state index contributed by atoms with van der Waals surface area (Å²) in [5.41, 5.74) is 0.824. The Morgan fingerprint density at radius 2 is 1.65 bits per heavy atom. The number of hydrogen-bond acceptors (Lipinski definition) is 5. The zero-order valence-corrected chi connectivity index (χ0v) is 18.7. The minimum absolute atomic E-state index is 0.00445. The molecule has 1 aliphatic heterocycles. The Kier molecular flexibility index (Phi) is 6.32. The minimum Gasteiger partial charge on any atom is -0.494 e. The fourth-order valence-corrected chi connectivity index (χ4v) is 3.81. The van der Waals surface area contributed by atoms with Gasteiger partial charge in [-0.05, 0) is 37.3 Å². The van der Waals surface area contributed by atoms with E-state index in [-0.39, 0.29) is 24.5 Å². The number of piperazine rings is 1. The van der Waals surface area contributed by atoms with Gasteiger partial charge < -0.3 is 14.5 Å². The van der Waals surface area contributed by atoms with Crippen molar-refractivity contribution in [2.45, 2.75) is 13.1 Å². The molecule has 1 amide bonds. The van der Waals surface area contributed by atoms with Crippen molar-refractivity contribution in [1.82, 2.24) is 14.7 Å². The number of rotatable bonds is 4. The quantitative estimate of drug-likeness (QED) is 0.581. The number of carbonyl (C=O) groups is 1. The predicted octanol–water partition coefficient (Wildman–Crippen LogP) is 3.53. The van der Waals surface area contributed by atoms with Gasteiger partial charge >= 0.3 is 6.18 Å². The number of amides is 1. The van der Waals surface area contributed by atoms with Gasteiger partial charge in [-0.1, -0.05) is 23.8 Å². The molecule has 1 saturated heterocycles. The fraction of sp³-hybridized carbons (Fsp3) is 0.292. The number of anilines is 1. The van der Waals surface area contributed by atoms with Gasteiger partial charge in [0.25, 0.3) is 11.5 Å². The standard InChI is InChI=1S/C24H23F3N4O3/c1-16-6-8-18(9-7-16)31-21(32)15-20(34-2)22(28-31)23(33)30-12-10-29(11-13-30)19-5-3-4-17(14-19)24(25,26)27/h3-9,14-15H,10-13H2,1-2H3. The van der Waals surface area contributed by atoms with Crippen molar-refractivity contribution in [2.24, 2.45) is 0 Å². The first kappa shape index (κ1) is 23.3. The highest BCUT2D eigenvalue weighted by molar-refractivity contribution is 5.95. The van der Waals surface area contributed by atoms with Gasteiger partial charge in [0.1, 0.15) is 0 Å². The molecule has 0 aliphatic carbocycles. The van der Waals surface area contributed by atoms with E-state index < -0.39 is 23.2 Å². The zero-order chi connectivity index (χ0) is 24.5. The molecule has 2 heterocycles. The number of aryl methyl sites for hydroxylation is 1. The molecule has 2 aromatic carbocycles. The highest BCUT2D eigenvalue weighted by Gasteiger charge is 2.32. The summed E-state index contributed by atoms with van der Waals surface area (Å²) in [5, 5.41) is 4.28. The Morgan fingerprint density at radius 3 is 2.26 bits per heavy atom. The van der Waals surface area contributed by atoms with Crippen molar-refractivity contribution in [3.8, 4) is 11.4 Å². The van der Waals surface area contributed by atoms with Crippen LogP contribution in [0.1, 0.15) is 21.6 Å². The Hall–Kier alpha value is -3.82. The molecule has 7 nitrogen and oxygen atoms in total. The van der Waals surface area contributed by atoms with Crippen LogP contribution in [0.3, 0.4) is 0 Å². The van der Waals surface area contributed by atoms with E-state index in [0.717, 1.165) is 22.4 Å². The summed E-state index contributed by atoms with van der Waals surface area (Å²) in [7, 11) is 1.36. The third-order valence-corrected chi connectivity index (χ3v) is 5.70. The molecule has 4 rings (SSSR count). The molecule has 0 spiro atoms. The summed E-state index contributed by atoms with van der Waals surface area (Å²) in [6, 6.07) is 13.5. The highest BCUT2D eigenvalue weighted by atomic mass is 19.4. The molecular weight excluding hydrogens is 449 g/mol. The number of hydrogen-bond donors (Lipinski definition) is 0. The Bertz CT molecular complexity index is 1250. The highest BCUT2D eigenvalue weighted by Crippen LogP contribution is 2.32. The fourth-order valence-electron chi connectivity index (χ4n) is 3.81. The number of carbonyl (C=O) groups excluding carboxylic acids is 1. The van der Waals surface area contributed by atoms with E-state index in [1.54, 1.807) is 28.0 Å². The predicted molar refractivity (Wildman–Crippen MR) is 121 cm³/mol. The third-order valence-electron chi connectivity index (χ3n) is 5.70. The molecule has 10 heteroatoms. The van der Waals surface area contributed by atoms with Crippen molar-refractivity contribution in [3.63, 3.8) is 0 Å². The second kappa shape index (κ2) is 9.20. The van der Waals surface area contributed by atoms with Crippen LogP contribution in [-0.4, -0.2) is 53.9 Å². The van der Waals surface area contributed by atoms with Crippen LogP contribution in [0.4, 0.5) is 18.9 Å². The second-order valence-corrected chi connectivity index (χ2v) is 7.97. The summed E-state index contributed by atoms with van der Waals surface area (Å²) in [6.07, 6.45) is -4.42. The number of nitrogens with zero attached hydrogens (tertiary/aromatic N) is 4. The third kappa shape index (κ3) is 4.75. The molecule has 0 radical (unpaired) electrons. The van der Waals surface area contributed by atoms with E-state index in [1.165, 1.54) is 19.2 Å². The minimum atomic E-state index is -4.42. The molecule has 178 valence electrons. The summed E-state index contributed by atoms with van der Waals surface area (Å²) in [5.74, 6) is -0.347. The van der Waals surface area contributed by atoms with E-state index in [0.29, 0.717) is 24.5 Å². The maximum Gasteiger partial charge on any atom is 0.416 e. The van der Waals surface area contributed by atoms with Crippen LogP contribution in [-0.2, 0) is 6.18 Å². The number of halogens is 3. The lowest BCUT2D eigenvalue weighted by Crippen LogP contribution is -2.49. The van der Waals surface area contributed by atoms with Crippen LogP contribution in [0.5, 0.6) is 5.75 Å². The summed E-state index contributed by atoms with van der Waals surface area (Å²) >= 11 is 0.